The molecular formula is C18H32O2. The Morgan fingerprint density at radius 1 is 0.750 bits per heavy atom. The fourth-order valence-corrected chi connectivity index (χ4v) is 2.54. The van der Waals surface area contributed by atoms with Gasteiger partial charge in [-0.25, -0.2) is 0 Å². The molecule has 2 nitrogen and oxygen atoms in total. The predicted molar refractivity (Wildman–Crippen MR) is 85.0 cm³/mol. The first-order chi connectivity index (χ1) is 9.86. The Morgan fingerprint density at radius 2 is 1.25 bits per heavy atom. The largest absolute Gasteiger partial charge is 0.466 e. The van der Waals surface area contributed by atoms with Gasteiger partial charge in [-0.3, -0.25) is 0 Å². The first kappa shape index (κ1) is 17.3. The smallest absolute Gasteiger partial charge is 0.104 e. The highest BCUT2D eigenvalue weighted by Crippen LogP contribution is 2.15. The molecule has 0 bridgehead atoms. The van der Waals surface area contributed by atoms with Gasteiger partial charge in [0.05, 0.1) is 0 Å². The molecule has 1 N–H and O–H groups in total. The second-order valence-corrected chi connectivity index (χ2v) is 5.77. The number of aryl methyl sites for hydroxylation is 2. The monoisotopic (exact) mass is 280 g/mol. The van der Waals surface area contributed by atoms with E-state index in [9.17, 15) is 0 Å². The van der Waals surface area contributed by atoms with Crippen LogP contribution in [0.3, 0.4) is 0 Å². The fraction of sp³-hybridized carbons (Fsp3) is 0.778. The van der Waals surface area contributed by atoms with Crippen molar-refractivity contribution in [3.63, 3.8) is 0 Å². The normalized spacial score (nSPS) is 11.1. The Hall–Kier alpha value is -0.760. The zero-order valence-electron chi connectivity index (χ0n) is 13.2. The summed E-state index contributed by atoms with van der Waals surface area (Å²) in [5.74, 6) is 2.32. The number of aliphatic hydroxyl groups excluding tert-OH is 1. The highest BCUT2D eigenvalue weighted by atomic mass is 16.3. The zero-order chi connectivity index (χ0) is 14.5. The quantitative estimate of drug-likeness (QED) is 0.499. The van der Waals surface area contributed by atoms with Crippen molar-refractivity contribution in [3.05, 3.63) is 23.7 Å². The number of unbranched alkanes of at least 4 members (excludes halogenated alkanes) is 8. The van der Waals surface area contributed by atoms with Crippen LogP contribution < -0.4 is 0 Å². The van der Waals surface area contributed by atoms with Crippen molar-refractivity contribution >= 4 is 0 Å². The van der Waals surface area contributed by atoms with Crippen LogP contribution in [-0.2, 0) is 12.8 Å². The van der Waals surface area contributed by atoms with E-state index in [4.69, 9.17) is 9.52 Å². The molecule has 1 aromatic rings. The third kappa shape index (κ3) is 8.42. The van der Waals surface area contributed by atoms with E-state index in [1.54, 1.807) is 0 Å². The molecule has 0 aliphatic rings. The Morgan fingerprint density at radius 3 is 1.80 bits per heavy atom. The maximum atomic E-state index is 8.70. The second-order valence-electron chi connectivity index (χ2n) is 5.77. The number of hydrogen-bond acceptors (Lipinski definition) is 2. The minimum atomic E-state index is 0.341. The van der Waals surface area contributed by atoms with E-state index < -0.39 is 0 Å². The van der Waals surface area contributed by atoms with E-state index in [0.29, 0.717) is 6.61 Å². The molecule has 116 valence electrons. The van der Waals surface area contributed by atoms with E-state index in [1.165, 1.54) is 63.5 Å². The van der Waals surface area contributed by atoms with Gasteiger partial charge in [0.15, 0.2) is 0 Å². The SMILES string of the molecule is CCCCCCc1ccc(CCCCCCCCO)o1. The van der Waals surface area contributed by atoms with Crippen LogP contribution in [0.15, 0.2) is 16.5 Å². The van der Waals surface area contributed by atoms with Crippen molar-refractivity contribution in [1.82, 2.24) is 0 Å². The van der Waals surface area contributed by atoms with Gasteiger partial charge in [-0.2, -0.15) is 0 Å². The van der Waals surface area contributed by atoms with Crippen molar-refractivity contribution in [2.75, 3.05) is 6.61 Å². The summed E-state index contributed by atoms with van der Waals surface area (Å²) in [7, 11) is 0. The van der Waals surface area contributed by atoms with Crippen LogP contribution in [0.5, 0.6) is 0 Å². The lowest BCUT2D eigenvalue weighted by molar-refractivity contribution is 0.282. The van der Waals surface area contributed by atoms with Crippen molar-refractivity contribution < 1.29 is 9.52 Å². The topological polar surface area (TPSA) is 33.4 Å². The third-order valence-corrected chi connectivity index (χ3v) is 3.83. The van der Waals surface area contributed by atoms with E-state index in [0.717, 1.165) is 25.0 Å². The van der Waals surface area contributed by atoms with E-state index in [1.807, 2.05) is 0 Å². The molecule has 1 rings (SSSR count). The Bertz CT molecular complexity index is 317. The summed E-state index contributed by atoms with van der Waals surface area (Å²) in [6.07, 6.45) is 14.5. The molecule has 0 aromatic carbocycles. The van der Waals surface area contributed by atoms with E-state index >= 15 is 0 Å². The number of furan rings is 1. The average Bonchev–Trinajstić information content (AvgIpc) is 2.90. The Labute approximate surface area is 124 Å². The highest BCUT2D eigenvalue weighted by molar-refractivity contribution is 5.07. The van der Waals surface area contributed by atoms with Crippen LogP contribution in [-0.4, -0.2) is 11.7 Å². The molecule has 0 saturated carbocycles. The molecule has 0 atom stereocenters. The average molecular weight is 280 g/mol. The summed E-state index contributed by atoms with van der Waals surface area (Å²) >= 11 is 0. The van der Waals surface area contributed by atoms with Gasteiger partial charge in [0.1, 0.15) is 11.5 Å². The highest BCUT2D eigenvalue weighted by Gasteiger charge is 2.02. The lowest BCUT2D eigenvalue weighted by atomic mass is 10.1. The van der Waals surface area contributed by atoms with Gasteiger partial charge in [0.25, 0.3) is 0 Å². The molecular weight excluding hydrogens is 248 g/mol. The standard InChI is InChI=1S/C18H32O2/c1-2-3-4-9-12-17-14-15-18(20-17)13-10-7-5-6-8-11-16-19/h14-15,19H,2-13,16H2,1H3. The minimum Gasteiger partial charge on any atom is -0.466 e. The van der Waals surface area contributed by atoms with Crippen molar-refractivity contribution in [3.8, 4) is 0 Å². The Kier molecular flexibility index (Phi) is 10.4. The summed E-state index contributed by atoms with van der Waals surface area (Å²) in [4.78, 5) is 0. The van der Waals surface area contributed by atoms with Gasteiger partial charge >= 0.3 is 0 Å². The molecule has 20 heavy (non-hydrogen) atoms. The van der Waals surface area contributed by atoms with Gasteiger partial charge in [0.2, 0.25) is 0 Å². The fourth-order valence-electron chi connectivity index (χ4n) is 2.54. The van der Waals surface area contributed by atoms with Gasteiger partial charge in [0, 0.05) is 19.4 Å². The van der Waals surface area contributed by atoms with Crippen molar-refractivity contribution in [1.29, 1.82) is 0 Å². The molecule has 0 aliphatic carbocycles. The first-order valence-corrected chi connectivity index (χ1v) is 8.55. The molecule has 0 unspecified atom stereocenters. The Balaban J connectivity index is 2.02. The van der Waals surface area contributed by atoms with Gasteiger partial charge in [-0.05, 0) is 31.4 Å². The second kappa shape index (κ2) is 12.0. The predicted octanol–water partition coefficient (Wildman–Crippen LogP) is 5.28. The van der Waals surface area contributed by atoms with Gasteiger partial charge in [-0.1, -0.05) is 51.9 Å². The van der Waals surface area contributed by atoms with E-state index in [-0.39, 0.29) is 0 Å². The minimum absolute atomic E-state index is 0.341. The van der Waals surface area contributed by atoms with Gasteiger partial charge in [-0.15, -0.1) is 0 Å². The molecule has 0 aliphatic heterocycles. The lowest BCUT2D eigenvalue weighted by Crippen LogP contribution is -1.86. The maximum absolute atomic E-state index is 8.70. The summed E-state index contributed by atoms with van der Waals surface area (Å²) in [6, 6.07) is 4.31. The maximum Gasteiger partial charge on any atom is 0.104 e. The van der Waals surface area contributed by atoms with Crippen LogP contribution in [0.1, 0.15) is 82.7 Å². The lowest BCUT2D eigenvalue weighted by Gasteiger charge is -2.00. The van der Waals surface area contributed by atoms with Crippen molar-refractivity contribution in [2.24, 2.45) is 0 Å². The summed E-state index contributed by atoms with van der Waals surface area (Å²) in [6.45, 7) is 2.59. The zero-order valence-corrected chi connectivity index (χ0v) is 13.2. The molecule has 0 radical (unpaired) electrons. The summed E-state index contributed by atoms with van der Waals surface area (Å²) in [5, 5.41) is 8.70. The van der Waals surface area contributed by atoms with Crippen LogP contribution in [0.25, 0.3) is 0 Å². The van der Waals surface area contributed by atoms with Crippen LogP contribution in [0.4, 0.5) is 0 Å². The van der Waals surface area contributed by atoms with Crippen LogP contribution in [0.2, 0.25) is 0 Å². The van der Waals surface area contributed by atoms with Gasteiger partial charge < -0.3 is 9.52 Å². The van der Waals surface area contributed by atoms with E-state index in [2.05, 4.69) is 19.1 Å². The summed E-state index contributed by atoms with van der Waals surface area (Å²) < 4.78 is 5.88. The molecule has 0 amide bonds. The third-order valence-electron chi connectivity index (χ3n) is 3.83. The van der Waals surface area contributed by atoms with Crippen LogP contribution >= 0.6 is 0 Å². The van der Waals surface area contributed by atoms with Crippen molar-refractivity contribution in [2.45, 2.75) is 84.0 Å². The number of aliphatic hydroxyl groups is 1. The molecule has 1 heterocycles. The first-order valence-electron chi connectivity index (χ1n) is 8.55. The van der Waals surface area contributed by atoms with Crippen LogP contribution in [0, 0.1) is 0 Å². The molecule has 0 spiro atoms. The molecule has 0 saturated heterocycles. The number of hydrogen-bond donors (Lipinski definition) is 1. The molecule has 2 heteroatoms. The summed E-state index contributed by atoms with van der Waals surface area (Å²) in [5.41, 5.74) is 0. The molecule has 0 fully saturated rings. The molecule has 1 aromatic heterocycles. The number of rotatable bonds is 13.